The lowest BCUT2D eigenvalue weighted by molar-refractivity contribution is 0.746. The van der Waals surface area contributed by atoms with Gasteiger partial charge in [-0.1, -0.05) is 15.9 Å². The number of nitrogens with two attached hydrogens (primary N) is 1. The Morgan fingerprint density at radius 3 is 2.88 bits per heavy atom. The highest BCUT2D eigenvalue weighted by atomic mass is 79.9. The number of aromatic nitrogens is 3. The van der Waals surface area contributed by atoms with Crippen LogP contribution in [0.15, 0.2) is 29.0 Å². The fourth-order valence-electron chi connectivity index (χ4n) is 1.79. The smallest absolute Gasteiger partial charge is 0.166 e. The predicted octanol–water partition coefficient (Wildman–Crippen LogP) is 2.62. The van der Waals surface area contributed by atoms with E-state index in [0.29, 0.717) is 6.04 Å². The second-order valence-corrected chi connectivity index (χ2v) is 4.94. The summed E-state index contributed by atoms with van der Waals surface area (Å²) in [5, 5.41) is 8.12. The normalized spacial score (nSPS) is 15.3. The van der Waals surface area contributed by atoms with E-state index in [1.54, 1.807) is 6.33 Å². The Morgan fingerprint density at radius 2 is 2.19 bits per heavy atom. The summed E-state index contributed by atoms with van der Waals surface area (Å²) in [6.07, 6.45) is 4.21. The van der Waals surface area contributed by atoms with Crippen LogP contribution in [0.5, 0.6) is 0 Å². The lowest BCUT2D eigenvalue weighted by Crippen LogP contribution is -1.99. The van der Waals surface area contributed by atoms with Crippen LogP contribution in [0.3, 0.4) is 0 Å². The summed E-state index contributed by atoms with van der Waals surface area (Å²) in [5.74, 6) is 0.868. The van der Waals surface area contributed by atoms with Gasteiger partial charge in [0, 0.05) is 21.8 Å². The molecule has 0 radical (unpaired) electrons. The van der Waals surface area contributed by atoms with Crippen molar-refractivity contribution in [1.29, 1.82) is 0 Å². The molecule has 0 atom stereocenters. The number of nitrogens with zero attached hydrogens (tertiary/aromatic N) is 3. The zero-order chi connectivity index (χ0) is 11.1. The molecule has 0 saturated heterocycles. The highest BCUT2D eigenvalue weighted by molar-refractivity contribution is 9.10. The lowest BCUT2D eigenvalue weighted by atomic mass is 10.1. The average molecular weight is 279 g/mol. The second-order valence-electron chi connectivity index (χ2n) is 4.02. The number of hydrogen-bond donors (Lipinski definition) is 1. The van der Waals surface area contributed by atoms with Crippen molar-refractivity contribution in [3.05, 3.63) is 29.0 Å². The molecule has 1 heterocycles. The summed E-state index contributed by atoms with van der Waals surface area (Å²) in [6.45, 7) is 0. The van der Waals surface area contributed by atoms with Crippen molar-refractivity contribution >= 4 is 21.6 Å². The van der Waals surface area contributed by atoms with Crippen molar-refractivity contribution in [2.75, 3.05) is 5.73 Å². The molecule has 4 nitrogen and oxygen atoms in total. The van der Waals surface area contributed by atoms with E-state index >= 15 is 0 Å². The van der Waals surface area contributed by atoms with E-state index in [1.807, 2.05) is 18.2 Å². The molecule has 1 aliphatic carbocycles. The highest BCUT2D eigenvalue weighted by Gasteiger charge is 2.27. The molecule has 1 aromatic heterocycles. The van der Waals surface area contributed by atoms with Crippen LogP contribution in [0.4, 0.5) is 5.69 Å². The third-order valence-electron chi connectivity index (χ3n) is 2.77. The molecule has 0 unspecified atom stereocenters. The second kappa shape index (κ2) is 3.59. The van der Waals surface area contributed by atoms with Crippen molar-refractivity contribution < 1.29 is 0 Å². The zero-order valence-corrected chi connectivity index (χ0v) is 10.2. The molecule has 2 N–H and O–H groups in total. The van der Waals surface area contributed by atoms with Crippen LogP contribution < -0.4 is 5.73 Å². The van der Waals surface area contributed by atoms with Crippen LogP contribution in [0.25, 0.3) is 11.4 Å². The van der Waals surface area contributed by atoms with Crippen LogP contribution >= 0.6 is 15.9 Å². The van der Waals surface area contributed by atoms with Gasteiger partial charge in [-0.3, -0.25) is 0 Å². The summed E-state index contributed by atoms with van der Waals surface area (Å²) in [7, 11) is 0. The lowest BCUT2D eigenvalue weighted by Gasteiger charge is -2.07. The Balaban J connectivity index is 2.10. The number of halogens is 1. The molecule has 1 aliphatic rings. The Labute approximate surface area is 102 Å². The third-order valence-corrected chi connectivity index (χ3v) is 3.26. The molecule has 0 spiro atoms. The maximum Gasteiger partial charge on any atom is 0.166 e. The zero-order valence-electron chi connectivity index (χ0n) is 8.60. The predicted molar refractivity (Wildman–Crippen MR) is 65.8 cm³/mol. The van der Waals surface area contributed by atoms with Gasteiger partial charge in [-0.15, -0.1) is 10.2 Å². The Bertz CT molecular complexity index is 531. The van der Waals surface area contributed by atoms with E-state index in [1.165, 1.54) is 12.8 Å². The molecular weight excluding hydrogens is 268 g/mol. The van der Waals surface area contributed by atoms with E-state index in [9.17, 15) is 0 Å². The third kappa shape index (κ3) is 1.61. The first-order valence-electron chi connectivity index (χ1n) is 5.20. The van der Waals surface area contributed by atoms with Gasteiger partial charge in [0.15, 0.2) is 5.82 Å². The molecule has 1 aromatic carbocycles. The van der Waals surface area contributed by atoms with E-state index in [4.69, 9.17) is 5.73 Å². The van der Waals surface area contributed by atoms with E-state index in [-0.39, 0.29) is 0 Å². The van der Waals surface area contributed by atoms with Crippen LogP contribution in [0.1, 0.15) is 18.9 Å². The summed E-state index contributed by atoms with van der Waals surface area (Å²) in [6, 6.07) is 6.40. The van der Waals surface area contributed by atoms with Crippen molar-refractivity contribution in [2.45, 2.75) is 18.9 Å². The average Bonchev–Trinajstić information content (AvgIpc) is 2.98. The Kier molecular flexibility index (Phi) is 2.21. The maximum absolute atomic E-state index is 5.99. The molecule has 1 fully saturated rings. The van der Waals surface area contributed by atoms with Gasteiger partial charge in [0.1, 0.15) is 6.33 Å². The van der Waals surface area contributed by atoms with Gasteiger partial charge in [0.25, 0.3) is 0 Å². The largest absolute Gasteiger partial charge is 0.398 e. The van der Waals surface area contributed by atoms with Crippen molar-refractivity contribution in [1.82, 2.24) is 14.8 Å². The minimum Gasteiger partial charge on any atom is -0.398 e. The van der Waals surface area contributed by atoms with Crippen molar-refractivity contribution in [3.63, 3.8) is 0 Å². The fraction of sp³-hybridized carbons (Fsp3) is 0.273. The molecule has 16 heavy (non-hydrogen) atoms. The van der Waals surface area contributed by atoms with Crippen LogP contribution in [0.2, 0.25) is 0 Å². The number of benzene rings is 1. The highest BCUT2D eigenvalue weighted by Crippen LogP contribution is 2.38. The van der Waals surface area contributed by atoms with Crippen LogP contribution in [0, 0.1) is 0 Å². The monoisotopic (exact) mass is 278 g/mol. The molecule has 5 heteroatoms. The Hall–Kier alpha value is -1.36. The molecule has 0 aliphatic heterocycles. The van der Waals surface area contributed by atoms with Gasteiger partial charge in [-0.05, 0) is 31.0 Å². The number of rotatable bonds is 2. The molecule has 1 saturated carbocycles. The Morgan fingerprint density at radius 1 is 1.38 bits per heavy atom. The van der Waals surface area contributed by atoms with Crippen LogP contribution in [-0.4, -0.2) is 14.8 Å². The van der Waals surface area contributed by atoms with E-state index in [0.717, 1.165) is 21.5 Å². The standard InChI is InChI=1S/C11H11BrN4/c12-7-1-4-9(10(13)5-7)11-15-14-6-16(11)8-2-3-8/h1,4-6,8H,2-3,13H2. The first-order chi connectivity index (χ1) is 7.75. The first-order valence-corrected chi connectivity index (χ1v) is 6.00. The van der Waals surface area contributed by atoms with Gasteiger partial charge < -0.3 is 10.3 Å². The minimum atomic E-state index is 0.563. The molecular formula is C11H11BrN4. The molecule has 0 bridgehead atoms. The van der Waals surface area contributed by atoms with Gasteiger partial charge in [-0.2, -0.15) is 0 Å². The van der Waals surface area contributed by atoms with Gasteiger partial charge in [0.05, 0.1) is 0 Å². The maximum atomic E-state index is 5.99. The summed E-state index contributed by atoms with van der Waals surface area (Å²) in [4.78, 5) is 0. The SMILES string of the molecule is Nc1cc(Br)ccc1-c1nncn1C1CC1. The minimum absolute atomic E-state index is 0.563. The summed E-state index contributed by atoms with van der Waals surface area (Å²) < 4.78 is 3.09. The van der Waals surface area contributed by atoms with Crippen molar-refractivity contribution in [2.24, 2.45) is 0 Å². The topological polar surface area (TPSA) is 56.7 Å². The van der Waals surface area contributed by atoms with Gasteiger partial charge in [0.2, 0.25) is 0 Å². The van der Waals surface area contributed by atoms with Gasteiger partial charge in [-0.25, -0.2) is 0 Å². The number of nitrogen functional groups attached to an aromatic ring is 1. The molecule has 2 aromatic rings. The molecule has 82 valence electrons. The number of anilines is 1. The van der Waals surface area contributed by atoms with Crippen LogP contribution in [-0.2, 0) is 0 Å². The summed E-state index contributed by atoms with van der Waals surface area (Å²) in [5.41, 5.74) is 7.67. The quantitative estimate of drug-likeness (QED) is 0.860. The van der Waals surface area contributed by atoms with E-state index < -0.39 is 0 Å². The van der Waals surface area contributed by atoms with E-state index in [2.05, 4.69) is 30.7 Å². The fourth-order valence-corrected chi connectivity index (χ4v) is 2.17. The molecule has 3 rings (SSSR count). The molecule has 0 amide bonds. The first kappa shape index (κ1) is 9.84. The summed E-state index contributed by atoms with van der Waals surface area (Å²) >= 11 is 3.40. The number of hydrogen-bond acceptors (Lipinski definition) is 3. The van der Waals surface area contributed by atoms with Crippen molar-refractivity contribution in [3.8, 4) is 11.4 Å². The van der Waals surface area contributed by atoms with Gasteiger partial charge >= 0.3 is 0 Å².